The van der Waals surface area contributed by atoms with E-state index in [1.54, 1.807) is 6.92 Å². The highest BCUT2D eigenvalue weighted by atomic mass is 16.5. The minimum atomic E-state index is -0.212. The Hall–Kier alpha value is -1.88. The highest BCUT2D eigenvalue weighted by Crippen LogP contribution is 2.16. The van der Waals surface area contributed by atoms with Crippen LogP contribution in [-0.2, 0) is 27.3 Å². The summed E-state index contributed by atoms with van der Waals surface area (Å²) in [7, 11) is 0. The van der Waals surface area contributed by atoms with Crippen molar-refractivity contribution in [2.75, 3.05) is 13.2 Å². The topological polar surface area (TPSA) is 67.4 Å². The molecule has 2 N–H and O–H groups in total. The van der Waals surface area contributed by atoms with E-state index in [-0.39, 0.29) is 17.9 Å². The molecule has 0 saturated carbocycles. The van der Waals surface area contributed by atoms with E-state index in [1.807, 2.05) is 12.1 Å². The van der Waals surface area contributed by atoms with Gasteiger partial charge >= 0.3 is 5.97 Å². The summed E-state index contributed by atoms with van der Waals surface area (Å²) in [5.41, 5.74) is 2.48. The number of fused-ring (bicyclic) bond motifs is 1. The molecule has 21 heavy (non-hydrogen) atoms. The zero-order valence-corrected chi connectivity index (χ0v) is 12.4. The van der Waals surface area contributed by atoms with Crippen LogP contribution in [0, 0.1) is 0 Å². The third-order valence-electron chi connectivity index (χ3n) is 3.56. The molecule has 0 bridgehead atoms. The molecule has 0 spiro atoms. The second-order valence-corrected chi connectivity index (χ2v) is 5.11. The minimum Gasteiger partial charge on any atom is -0.466 e. The number of ether oxygens (including phenoxy) is 1. The van der Waals surface area contributed by atoms with Gasteiger partial charge in [-0.25, -0.2) is 0 Å². The van der Waals surface area contributed by atoms with Crippen LogP contribution in [0.15, 0.2) is 24.3 Å². The van der Waals surface area contributed by atoms with E-state index in [4.69, 9.17) is 4.74 Å². The fourth-order valence-electron chi connectivity index (χ4n) is 2.44. The molecule has 0 aromatic heterocycles. The Morgan fingerprint density at radius 2 is 2.10 bits per heavy atom. The molecule has 114 valence electrons. The second kappa shape index (κ2) is 7.78. The predicted molar refractivity (Wildman–Crippen MR) is 79.7 cm³/mol. The van der Waals surface area contributed by atoms with Gasteiger partial charge in [-0.3, -0.25) is 9.59 Å². The number of nitrogens with one attached hydrogen (secondary N) is 2. The average Bonchev–Trinajstić information content (AvgIpc) is 2.51. The maximum atomic E-state index is 12.1. The van der Waals surface area contributed by atoms with E-state index in [1.165, 1.54) is 11.1 Å². The van der Waals surface area contributed by atoms with Gasteiger partial charge in [-0.1, -0.05) is 24.3 Å². The monoisotopic (exact) mass is 290 g/mol. The van der Waals surface area contributed by atoms with Crippen molar-refractivity contribution in [3.63, 3.8) is 0 Å². The quantitative estimate of drug-likeness (QED) is 0.609. The number of carbonyl (C=O) groups is 2. The normalized spacial score (nSPS) is 16.9. The van der Waals surface area contributed by atoms with Gasteiger partial charge in [0.15, 0.2) is 0 Å². The fourth-order valence-corrected chi connectivity index (χ4v) is 2.44. The Morgan fingerprint density at radius 1 is 1.33 bits per heavy atom. The first-order chi connectivity index (χ1) is 10.2. The highest BCUT2D eigenvalue weighted by Gasteiger charge is 2.23. The van der Waals surface area contributed by atoms with Gasteiger partial charge in [0.25, 0.3) is 0 Å². The molecule has 1 aliphatic rings. The van der Waals surface area contributed by atoms with Crippen LogP contribution in [0.4, 0.5) is 0 Å². The Bertz CT molecular complexity index is 502. The summed E-state index contributed by atoms with van der Waals surface area (Å²) < 4.78 is 4.84. The maximum Gasteiger partial charge on any atom is 0.305 e. The number of rotatable bonds is 6. The number of amides is 1. The molecule has 1 atom stereocenters. The molecule has 0 aliphatic carbocycles. The molecule has 5 nitrogen and oxygen atoms in total. The molecule has 2 rings (SSSR count). The molecule has 0 fully saturated rings. The lowest BCUT2D eigenvalue weighted by molar-refractivity contribution is -0.143. The number of esters is 1. The molecule has 1 amide bonds. The van der Waals surface area contributed by atoms with Crippen molar-refractivity contribution in [3.05, 3.63) is 35.4 Å². The van der Waals surface area contributed by atoms with Crippen LogP contribution in [0.2, 0.25) is 0 Å². The molecular weight excluding hydrogens is 268 g/mol. The Kier molecular flexibility index (Phi) is 5.75. The zero-order chi connectivity index (χ0) is 15.1. The summed E-state index contributed by atoms with van der Waals surface area (Å²) in [4.78, 5) is 23.3. The SMILES string of the molecule is CCOC(=O)CCCNC(=O)C1Cc2ccccc2CN1. The maximum absolute atomic E-state index is 12.1. The van der Waals surface area contributed by atoms with Crippen molar-refractivity contribution in [1.82, 2.24) is 10.6 Å². The van der Waals surface area contributed by atoms with Crippen LogP contribution in [-0.4, -0.2) is 31.1 Å². The molecule has 5 heteroatoms. The molecule has 0 saturated heterocycles. The van der Waals surface area contributed by atoms with E-state index < -0.39 is 0 Å². The molecule has 0 radical (unpaired) electrons. The van der Waals surface area contributed by atoms with Crippen LogP contribution in [0.25, 0.3) is 0 Å². The van der Waals surface area contributed by atoms with Gasteiger partial charge in [0, 0.05) is 19.5 Å². The third-order valence-corrected chi connectivity index (χ3v) is 3.56. The van der Waals surface area contributed by atoms with Crippen molar-refractivity contribution in [2.24, 2.45) is 0 Å². The Labute approximate surface area is 125 Å². The smallest absolute Gasteiger partial charge is 0.305 e. The summed E-state index contributed by atoms with van der Waals surface area (Å²) in [6, 6.07) is 7.96. The van der Waals surface area contributed by atoms with Gasteiger partial charge in [-0.2, -0.15) is 0 Å². The lowest BCUT2D eigenvalue weighted by Crippen LogP contribution is -2.47. The largest absolute Gasteiger partial charge is 0.466 e. The first-order valence-electron chi connectivity index (χ1n) is 7.44. The lowest BCUT2D eigenvalue weighted by atomic mass is 9.95. The summed E-state index contributed by atoms with van der Waals surface area (Å²) in [6.07, 6.45) is 1.66. The number of benzene rings is 1. The summed E-state index contributed by atoms with van der Waals surface area (Å²) in [5, 5.41) is 6.11. The van der Waals surface area contributed by atoms with E-state index in [9.17, 15) is 9.59 Å². The van der Waals surface area contributed by atoms with Crippen LogP contribution >= 0.6 is 0 Å². The van der Waals surface area contributed by atoms with E-state index in [2.05, 4.69) is 22.8 Å². The van der Waals surface area contributed by atoms with E-state index >= 15 is 0 Å². The van der Waals surface area contributed by atoms with Crippen LogP contribution in [0.5, 0.6) is 0 Å². The molecule has 1 aromatic carbocycles. The van der Waals surface area contributed by atoms with Crippen molar-refractivity contribution in [3.8, 4) is 0 Å². The van der Waals surface area contributed by atoms with Crippen molar-refractivity contribution in [2.45, 2.75) is 38.8 Å². The first kappa shape index (κ1) is 15.5. The van der Waals surface area contributed by atoms with Crippen molar-refractivity contribution in [1.29, 1.82) is 0 Å². The Morgan fingerprint density at radius 3 is 2.86 bits per heavy atom. The highest BCUT2D eigenvalue weighted by molar-refractivity contribution is 5.82. The molecular formula is C16H22N2O3. The van der Waals surface area contributed by atoms with Crippen LogP contribution in [0.1, 0.15) is 30.9 Å². The summed E-state index contributed by atoms with van der Waals surface area (Å²) in [5.74, 6) is -0.218. The van der Waals surface area contributed by atoms with E-state index in [0.29, 0.717) is 32.4 Å². The van der Waals surface area contributed by atoms with Gasteiger partial charge in [0.2, 0.25) is 5.91 Å². The standard InChI is InChI=1S/C16H22N2O3/c1-2-21-15(19)8-5-9-17-16(20)14-10-12-6-3-4-7-13(12)11-18-14/h3-4,6-7,14,18H,2,5,8-11H2,1H3,(H,17,20). The Balaban J connectivity index is 1.71. The van der Waals surface area contributed by atoms with Gasteiger partial charge in [-0.15, -0.1) is 0 Å². The molecule has 1 aliphatic heterocycles. The second-order valence-electron chi connectivity index (χ2n) is 5.11. The third kappa shape index (κ3) is 4.56. The van der Waals surface area contributed by atoms with Crippen LogP contribution < -0.4 is 10.6 Å². The molecule has 1 unspecified atom stereocenters. The zero-order valence-electron chi connectivity index (χ0n) is 12.4. The number of carbonyl (C=O) groups excluding carboxylic acids is 2. The minimum absolute atomic E-state index is 0.00615. The molecule has 1 heterocycles. The fraction of sp³-hybridized carbons (Fsp3) is 0.500. The van der Waals surface area contributed by atoms with Gasteiger partial charge < -0.3 is 15.4 Å². The number of hydrogen-bond acceptors (Lipinski definition) is 4. The lowest BCUT2D eigenvalue weighted by Gasteiger charge is -2.25. The predicted octanol–water partition coefficient (Wildman–Crippen LogP) is 1.16. The van der Waals surface area contributed by atoms with Crippen molar-refractivity contribution >= 4 is 11.9 Å². The van der Waals surface area contributed by atoms with E-state index in [0.717, 1.165) is 6.54 Å². The van der Waals surface area contributed by atoms with Gasteiger partial charge in [0.05, 0.1) is 12.6 Å². The van der Waals surface area contributed by atoms with Gasteiger partial charge in [0.1, 0.15) is 0 Å². The first-order valence-corrected chi connectivity index (χ1v) is 7.44. The van der Waals surface area contributed by atoms with Crippen LogP contribution in [0.3, 0.4) is 0 Å². The molecule has 1 aromatic rings. The van der Waals surface area contributed by atoms with Crippen molar-refractivity contribution < 1.29 is 14.3 Å². The summed E-state index contributed by atoms with van der Waals surface area (Å²) in [6.45, 7) is 3.40. The van der Waals surface area contributed by atoms with Gasteiger partial charge in [-0.05, 0) is 30.9 Å². The number of hydrogen-bond donors (Lipinski definition) is 2. The average molecular weight is 290 g/mol. The summed E-state index contributed by atoms with van der Waals surface area (Å²) >= 11 is 0.